The Morgan fingerprint density at radius 2 is 1.90 bits per heavy atom. The summed E-state index contributed by atoms with van der Waals surface area (Å²) in [6.07, 6.45) is 1.41. The summed E-state index contributed by atoms with van der Waals surface area (Å²) in [6.45, 7) is 7.60. The lowest BCUT2D eigenvalue weighted by molar-refractivity contribution is -0.144. The summed E-state index contributed by atoms with van der Waals surface area (Å²) in [5.74, 6) is -0.583. The molecule has 1 heterocycles. The SMILES string of the molecule is CCC(CC)(NC(=O)Nc1nnc(CC(C)C)s1)C(=O)O. The number of nitrogens with zero attached hydrogens (tertiary/aromatic N) is 2. The van der Waals surface area contributed by atoms with E-state index >= 15 is 0 Å². The molecule has 7 nitrogen and oxygen atoms in total. The number of carboxylic acid groups (broad SMARTS) is 1. The van der Waals surface area contributed by atoms with Crippen LogP contribution < -0.4 is 10.6 Å². The van der Waals surface area contributed by atoms with Crippen LogP contribution in [0.2, 0.25) is 0 Å². The number of hydrogen-bond acceptors (Lipinski definition) is 5. The van der Waals surface area contributed by atoms with Gasteiger partial charge in [-0.25, -0.2) is 9.59 Å². The molecule has 1 aromatic heterocycles. The molecule has 8 heteroatoms. The molecule has 0 fully saturated rings. The molecule has 21 heavy (non-hydrogen) atoms. The van der Waals surface area contributed by atoms with E-state index in [4.69, 9.17) is 0 Å². The minimum Gasteiger partial charge on any atom is -0.480 e. The molecule has 0 bridgehead atoms. The molecule has 3 N–H and O–H groups in total. The Bertz CT molecular complexity index is 497. The molecule has 0 saturated heterocycles. The van der Waals surface area contributed by atoms with E-state index in [0.717, 1.165) is 11.4 Å². The first-order chi connectivity index (χ1) is 9.82. The summed E-state index contributed by atoms with van der Waals surface area (Å²) in [7, 11) is 0. The quantitative estimate of drug-likeness (QED) is 0.717. The Labute approximate surface area is 128 Å². The fourth-order valence-corrected chi connectivity index (χ4v) is 2.81. The number of nitrogens with one attached hydrogen (secondary N) is 2. The molecule has 0 radical (unpaired) electrons. The van der Waals surface area contributed by atoms with Crippen molar-refractivity contribution >= 4 is 28.5 Å². The standard InChI is InChI=1S/C13H22N4O3S/c1-5-13(6-2,10(18)19)15-11(20)14-12-17-16-9(21-12)7-8(3)4/h8H,5-7H2,1-4H3,(H,18,19)(H2,14,15,17,20). The number of carboxylic acids is 1. The van der Waals surface area contributed by atoms with E-state index < -0.39 is 17.5 Å². The number of carbonyl (C=O) groups excluding carboxylic acids is 1. The third-order valence-corrected chi connectivity index (χ3v) is 4.10. The van der Waals surface area contributed by atoms with Crippen molar-refractivity contribution in [2.75, 3.05) is 5.32 Å². The Morgan fingerprint density at radius 1 is 1.29 bits per heavy atom. The largest absolute Gasteiger partial charge is 0.480 e. The van der Waals surface area contributed by atoms with Crippen LogP contribution >= 0.6 is 11.3 Å². The normalized spacial score (nSPS) is 11.5. The second kappa shape index (κ2) is 7.35. The van der Waals surface area contributed by atoms with Gasteiger partial charge >= 0.3 is 12.0 Å². The van der Waals surface area contributed by atoms with Crippen molar-refractivity contribution < 1.29 is 14.7 Å². The van der Waals surface area contributed by atoms with E-state index in [1.54, 1.807) is 13.8 Å². The third-order valence-electron chi connectivity index (χ3n) is 3.24. The van der Waals surface area contributed by atoms with Crippen LogP contribution in [0.4, 0.5) is 9.93 Å². The monoisotopic (exact) mass is 314 g/mol. The number of amides is 2. The van der Waals surface area contributed by atoms with Gasteiger partial charge in [0, 0.05) is 6.42 Å². The number of anilines is 1. The van der Waals surface area contributed by atoms with Crippen molar-refractivity contribution in [1.82, 2.24) is 15.5 Å². The minimum absolute atomic E-state index is 0.307. The summed E-state index contributed by atoms with van der Waals surface area (Å²) >= 11 is 1.30. The summed E-state index contributed by atoms with van der Waals surface area (Å²) in [6, 6.07) is -0.576. The van der Waals surface area contributed by atoms with Crippen LogP contribution in [0.3, 0.4) is 0 Å². The van der Waals surface area contributed by atoms with Crippen LogP contribution in [0.1, 0.15) is 45.5 Å². The smallest absolute Gasteiger partial charge is 0.329 e. The second-order valence-electron chi connectivity index (χ2n) is 5.27. The van der Waals surface area contributed by atoms with Crippen LogP contribution in [0.25, 0.3) is 0 Å². The summed E-state index contributed by atoms with van der Waals surface area (Å²) in [4.78, 5) is 23.3. The molecular formula is C13H22N4O3S. The van der Waals surface area contributed by atoms with Gasteiger partial charge < -0.3 is 10.4 Å². The Kier molecular flexibility index (Phi) is 6.07. The lowest BCUT2D eigenvalue weighted by Crippen LogP contribution is -2.54. The zero-order valence-corrected chi connectivity index (χ0v) is 13.6. The molecular weight excluding hydrogens is 292 g/mol. The Balaban J connectivity index is 2.68. The van der Waals surface area contributed by atoms with Crippen molar-refractivity contribution in [3.8, 4) is 0 Å². The first kappa shape index (κ1) is 17.4. The van der Waals surface area contributed by atoms with Crippen LogP contribution in [-0.4, -0.2) is 32.8 Å². The molecule has 0 unspecified atom stereocenters. The van der Waals surface area contributed by atoms with E-state index in [-0.39, 0.29) is 0 Å². The van der Waals surface area contributed by atoms with Crippen LogP contribution in [0, 0.1) is 5.92 Å². The van der Waals surface area contributed by atoms with Crippen molar-refractivity contribution in [1.29, 1.82) is 0 Å². The van der Waals surface area contributed by atoms with Crippen LogP contribution in [0.15, 0.2) is 0 Å². The lowest BCUT2D eigenvalue weighted by atomic mass is 9.93. The van der Waals surface area contributed by atoms with Crippen LogP contribution in [0.5, 0.6) is 0 Å². The van der Waals surface area contributed by atoms with Gasteiger partial charge in [0.05, 0.1) is 0 Å². The van der Waals surface area contributed by atoms with E-state index in [1.165, 1.54) is 11.3 Å². The highest BCUT2D eigenvalue weighted by Gasteiger charge is 2.36. The highest BCUT2D eigenvalue weighted by Crippen LogP contribution is 2.19. The molecule has 1 aromatic rings. The zero-order chi connectivity index (χ0) is 16.0. The Hall–Kier alpha value is -1.70. The molecule has 0 spiro atoms. The number of rotatable bonds is 7. The topological polar surface area (TPSA) is 104 Å². The predicted octanol–water partition coefficient (Wildman–Crippen LogP) is 2.50. The van der Waals surface area contributed by atoms with Gasteiger partial charge in [-0.3, -0.25) is 5.32 Å². The number of urea groups is 1. The molecule has 0 saturated carbocycles. The fourth-order valence-electron chi connectivity index (χ4n) is 1.86. The minimum atomic E-state index is -1.25. The number of aliphatic carboxylic acids is 1. The van der Waals surface area contributed by atoms with Gasteiger partial charge in [0.15, 0.2) is 0 Å². The number of aromatic nitrogens is 2. The first-order valence-electron chi connectivity index (χ1n) is 6.98. The molecule has 1 rings (SSSR count). The van der Waals surface area contributed by atoms with E-state index in [1.807, 2.05) is 0 Å². The maximum absolute atomic E-state index is 11.9. The van der Waals surface area contributed by atoms with Gasteiger partial charge in [-0.1, -0.05) is 39.0 Å². The summed E-state index contributed by atoms with van der Waals surface area (Å²) in [5.41, 5.74) is -1.25. The molecule has 0 aliphatic heterocycles. The number of hydrogen-bond donors (Lipinski definition) is 3. The van der Waals surface area contributed by atoms with Crippen LogP contribution in [-0.2, 0) is 11.2 Å². The van der Waals surface area contributed by atoms with E-state index in [9.17, 15) is 14.7 Å². The number of carbonyl (C=O) groups is 2. The fraction of sp³-hybridized carbons (Fsp3) is 0.692. The highest BCUT2D eigenvalue weighted by atomic mass is 32.1. The predicted molar refractivity (Wildman–Crippen MR) is 81.6 cm³/mol. The molecule has 0 aromatic carbocycles. The van der Waals surface area contributed by atoms with Crippen molar-refractivity contribution in [3.63, 3.8) is 0 Å². The summed E-state index contributed by atoms with van der Waals surface area (Å²) < 4.78 is 0. The molecule has 0 aliphatic rings. The van der Waals surface area contributed by atoms with Crippen molar-refractivity contribution in [2.24, 2.45) is 5.92 Å². The maximum atomic E-state index is 11.9. The van der Waals surface area contributed by atoms with E-state index in [2.05, 4.69) is 34.7 Å². The van der Waals surface area contributed by atoms with Gasteiger partial charge in [0.1, 0.15) is 10.5 Å². The first-order valence-corrected chi connectivity index (χ1v) is 7.79. The third kappa shape index (κ3) is 4.66. The second-order valence-corrected chi connectivity index (χ2v) is 6.33. The molecule has 0 aliphatic carbocycles. The molecule has 2 amide bonds. The Morgan fingerprint density at radius 3 is 2.38 bits per heavy atom. The average molecular weight is 314 g/mol. The zero-order valence-electron chi connectivity index (χ0n) is 12.8. The van der Waals surface area contributed by atoms with Gasteiger partial charge in [0.2, 0.25) is 5.13 Å². The van der Waals surface area contributed by atoms with Gasteiger partial charge in [-0.05, 0) is 18.8 Å². The van der Waals surface area contributed by atoms with Gasteiger partial charge in [0.25, 0.3) is 0 Å². The van der Waals surface area contributed by atoms with Gasteiger partial charge in [-0.2, -0.15) is 0 Å². The molecule has 118 valence electrons. The highest BCUT2D eigenvalue weighted by molar-refractivity contribution is 7.15. The van der Waals surface area contributed by atoms with Crippen molar-refractivity contribution in [3.05, 3.63) is 5.01 Å². The average Bonchev–Trinajstić information content (AvgIpc) is 2.81. The van der Waals surface area contributed by atoms with E-state index in [0.29, 0.717) is 23.9 Å². The molecule has 0 atom stereocenters. The maximum Gasteiger partial charge on any atom is 0.329 e. The van der Waals surface area contributed by atoms with Crippen molar-refractivity contribution in [2.45, 2.75) is 52.5 Å². The van der Waals surface area contributed by atoms with Gasteiger partial charge in [-0.15, -0.1) is 10.2 Å². The lowest BCUT2D eigenvalue weighted by Gasteiger charge is -2.27. The summed E-state index contributed by atoms with van der Waals surface area (Å²) in [5, 5.41) is 23.4.